The van der Waals surface area contributed by atoms with E-state index in [0.717, 1.165) is 22.4 Å². The van der Waals surface area contributed by atoms with Crippen LogP contribution < -0.4 is 10.1 Å². The van der Waals surface area contributed by atoms with Crippen molar-refractivity contribution < 1.29 is 9.53 Å². The molecule has 0 heterocycles. The molecule has 4 aromatic rings. The van der Waals surface area contributed by atoms with Crippen LogP contribution in [0.4, 0.5) is 10.5 Å². The van der Waals surface area contributed by atoms with E-state index in [0.29, 0.717) is 17.3 Å². The van der Waals surface area contributed by atoms with Gasteiger partial charge in [0.2, 0.25) is 0 Å². The summed E-state index contributed by atoms with van der Waals surface area (Å²) in [7, 11) is 1.64. The zero-order chi connectivity index (χ0) is 23.0. The second-order valence-electron chi connectivity index (χ2n) is 7.64. The number of amides is 2. The molecule has 0 saturated heterocycles. The van der Waals surface area contributed by atoms with Gasteiger partial charge in [-0.25, -0.2) is 4.79 Å². The van der Waals surface area contributed by atoms with Crippen molar-refractivity contribution in [2.75, 3.05) is 12.4 Å². The first-order chi connectivity index (χ1) is 16.1. The fraction of sp³-hybridized carbons (Fsp3) is 0.107. The van der Waals surface area contributed by atoms with Crippen LogP contribution in [0, 0.1) is 0 Å². The van der Waals surface area contributed by atoms with Crippen LogP contribution in [0.2, 0.25) is 5.02 Å². The van der Waals surface area contributed by atoms with Crippen molar-refractivity contribution >= 4 is 23.3 Å². The summed E-state index contributed by atoms with van der Waals surface area (Å²) in [6.07, 6.45) is 0. The molecular formula is C28H25ClN2O2. The number of nitrogens with one attached hydrogen (secondary N) is 1. The third-order valence-electron chi connectivity index (χ3n) is 5.39. The molecule has 0 radical (unpaired) electrons. The van der Waals surface area contributed by atoms with Crippen LogP contribution in [-0.2, 0) is 6.54 Å². The average Bonchev–Trinajstić information content (AvgIpc) is 2.85. The fourth-order valence-corrected chi connectivity index (χ4v) is 3.98. The Kier molecular flexibility index (Phi) is 7.28. The van der Waals surface area contributed by atoms with Gasteiger partial charge in [0.1, 0.15) is 5.75 Å². The number of urea groups is 1. The number of hydrogen-bond acceptors (Lipinski definition) is 2. The van der Waals surface area contributed by atoms with Crippen LogP contribution in [0.25, 0.3) is 0 Å². The van der Waals surface area contributed by atoms with E-state index in [-0.39, 0.29) is 12.1 Å². The Labute approximate surface area is 199 Å². The molecule has 0 saturated carbocycles. The summed E-state index contributed by atoms with van der Waals surface area (Å²) in [5.74, 6) is 0.774. The summed E-state index contributed by atoms with van der Waals surface area (Å²) >= 11 is 6.14. The highest BCUT2D eigenvalue weighted by Gasteiger charge is 2.27. The van der Waals surface area contributed by atoms with Gasteiger partial charge >= 0.3 is 6.03 Å². The zero-order valence-corrected chi connectivity index (χ0v) is 19.1. The Hall–Kier alpha value is -3.76. The molecule has 4 rings (SSSR count). The fourth-order valence-electron chi connectivity index (χ4n) is 3.79. The van der Waals surface area contributed by atoms with Crippen molar-refractivity contribution in [2.45, 2.75) is 12.6 Å². The van der Waals surface area contributed by atoms with Crippen LogP contribution in [0.3, 0.4) is 0 Å². The number of methoxy groups -OCH3 is 1. The van der Waals surface area contributed by atoms with Crippen molar-refractivity contribution in [3.63, 3.8) is 0 Å². The predicted molar refractivity (Wildman–Crippen MR) is 134 cm³/mol. The normalized spacial score (nSPS) is 10.6. The van der Waals surface area contributed by atoms with Gasteiger partial charge in [-0.2, -0.15) is 0 Å². The number of hydrogen-bond donors (Lipinski definition) is 1. The number of carbonyl (C=O) groups excluding carboxylic acids is 1. The summed E-state index contributed by atoms with van der Waals surface area (Å²) in [6.45, 7) is 0.408. The van der Waals surface area contributed by atoms with Gasteiger partial charge < -0.3 is 15.0 Å². The maximum atomic E-state index is 13.7. The summed E-state index contributed by atoms with van der Waals surface area (Å²) in [5.41, 5.74) is 3.69. The van der Waals surface area contributed by atoms with E-state index >= 15 is 0 Å². The van der Waals surface area contributed by atoms with E-state index in [1.165, 1.54) is 0 Å². The van der Waals surface area contributed by atoms with Gasteiger partial charge in [-0.1, -0.05) is 90.5 Å². The maximum Gasteiger partial charge on any atom is 0.322 e. The molecule has 1 N–H and O–H groups in total. The van der Waals surface area contributed by atoms with E-state index in [4.69, 9.17) is 16.3 Å². The van der Waals surface area contributed by atoms with Crippen molar-refractivity contribution in [1.29, 1.82) is 0 Å². The largest absolute Gasteiger partial charge is 0.497 e. The summed E-state index contributed by atoms with van der Waals surface area (Å²) in [4.78, 5) is 15.5. The van der Waals surface area contributed by atoms with E-state index in [2.05, 4.69) is 5.32 Å². The smallest absolute Gasteiger partial charge is 0.322 e. The molecule has 2 amide bonds. The molecule has 0 spiro atoms. The second-order valence-corrected chi connectivity index (χ2v) is 8.08. The summed E-state index contributed by atoms with van der Waals surface area (Å²) in [5, 5.41) is 3.59. The first kappa shape index (κ1) is 22.4. The number of nitrogens with zero attached hydrogens (tertiary/aromatic N) is 1. The Morgan fingerprint density at radius 2 is 1.45 bits per heavy atom. The van der Waals surface area contributed by atoms with Gasteiger partial charge in [-0.15, -0.1) is 0 Å². The lowest BCUT2D eigenvalue weighted by molar-refractivity contribution is 0.194. The lowest BCUT2D eigenvalue weighted by atomic mass is 9.96. The third-order valence-corrected chi connectivity index (χ3v) is 5.63. The molecule has 0 aliphatic heterocycles. The highest BCUT2D eigenvalue weighted by atomic mass is 35.5. The molecule has 0 fully saturated rings. The number of rotatable bonds is 7. The lowest BCUT2D eigenvalue weighted by Crippen LogP contribution is -2.38. The topological polar surface area (TPSA) is 41.6 Å². The number of benzene rings is 4. The van der Waals surface area contributed by atoms with Crippen LogP contribution in [-0.4, -0.2) is 18.0 Å². The van der Waals surface area contributed by atoms with Gasteiger partial charge in [0, 0.05) is 17.3 Å². The van der Waals surface area contributed by atoms with Crippen molar-refractivity contribution in [3.8, 4) is 5.75 Å². The van der Waals surface area contributed by atoms with Gasteiger partial charge in [-0.05, 0) is 47.0 Å². The summed E-state index contributed by atoms with van der Waals surface area (Å²) < 4.78 is 5.29. The molecule has 0 atom stereocenters. The van der Waals surface area contributed by atoms with Crippen LogP contribution in [0.5, 0.6) is 5.75 Å². The van der Waals surface area contributed by atoms with E-state index in [1.807, 2.05) is 102 Å². The minimum Gasteiger partial charge on any atom is -0.497 e. The minimum atomic E-state index is -0.284. The molecule has 166 valence electrons. The molecule has 0 aliphatic carbocycles. The van der Waals surface area contributed by atoms with Gasteiger partial charge in [0.25, 0.3) is 0 Å². The van der Waals surface area contributed by atoms with E-state index < -0.39 is 0 Å². The van der Waals surface area contributed by atoms with Gasteiger partial charge in [0.05, 0.1) is 13.2 Å². The Morgan fingerprint density at radius 1 is 0.848 bits per heavy atom. The number of halogens is 1. The molecule has 0 aliphatic rings. The van der Waals surface area contributed by atoms with Crippen LogP contribution >= 0.6 is 11.6 Å². The average molecular weight is 457 g/mol. The minimum absolute atomic E-state index is 0.217. The summed E-state index contributed by atoms with van der Waals surface area (Å²) in [6, 6.07) is 34.5. The highest BCUT2D eigenvalue weighted by Crippen LogP contribution is 2.31. The Bertz CT molecular complexity index is 1140. The van der Waals surface area contributed by atoms with Crippen LogP contribution in [0.1, 0.15) is 22.7 Å². The quantitative estimate of drug-likeness (QED) is 0.320. The maximum absolute atomic E-state index is 13.7. The number of ether oxygens (including phenoxy) is 1. The Balaban J connectivity index is 1.75. The van der Waals surface area contributed by atoms with Gasteiger partial charge in [-0.3, -0.25) is 0 Å². The van der Waals surface area contributed by atoms with Crippen LogP contribution in [0.15, 0.2) is 109 Å². The van der Waals surface area contributed by atoms with Crippen molar-refractivity contribution in [3.05, 3.63) is 131 Å². The molecular weight excluding hydrogens is 432 g/mol. The zero-order valence-electron chi connectivity index (χ0n) is 18.3. The van der Waals surface area contributed by atoms with Crippen molar-refractivity contribution in [1.82, 2.24) is 4.90 Å². The molecule has 4 nitrogen and oxygen atoms in total. The van der Waals surface area contributed by atoms with E-state index in [1.54, 1.807) is 19.2 Å². The standard InChI is InChI=1S/C28H25ClN2O2/c1-33-26-17-15-21(16-18-26)20-31(28(32)30-25-14-8-13-24(29)19-25)27(22-9-4-2-5-10-22)23-11-6-3-7-12-23/h2-19,27H,20H2,1H3,(H,30,32). The molecule has 0 unspecified atom stereocenters. The Morgan fingerprint density at radius 3 is 2.00 bits per heavy atom. The predicted octanol–water partition coefficient (Wildman–Crippen LogP) is 7.17. The molecule has 0 bridgehead atoms. The first-order valence-electron chi connectivity index (χ1n) is 10.7. The third kappa shape index (κ3) is 5.73. The molecule has 0 aromatic heterocycles. The van der Waals surface area contributed by atoms with Crippen molar-refractivity contribution in [2.24, 2.45) is 0 Å². The first-order valence-corrected chi connectivity index (χ1v) is 11.1. The highest BCUT2D eigenvalue weighted by molar-refractivity contribution is 6.30. The number of anilines is 1. The van der Waals surface area contributed by atoms with Gasteiger partial charge in [0.15, 0.2) is 0 Å². The van der Waals surface area contributed by atoms with E-state index in [9.17, 15) is 4.79 Å². The molecule has 4 aromatic carbocycles. The second kappa shape index (κ2) is 10.7. The monoisotopic (exact) mass is 456 g/mol. The molecule has 5 heteroatoms. The lowest BCUT2D eigenvalue weighted by Gasteiger charge is -2.33. The SMILES string of the molecule is COc1ccc(CN(C(=O)Nc2cccc(Cl)c2)C(c2ccccc2)c2ccccc2)cc1. The number of carbonyl (C=O) groups is 1. The molecule has 33 heavy (non-hydrogen) atoms.